The van der Waals surface area contributed by atoms with Gasteiger partial charge in [0.25, 0.3) is 0 Å². The molecule has 2 nitrogen and oxygen atoms in total. The molecule has 0 saturated carbocycles. The van der Waals surface area contributed by atoms with Crippen molar-refractivity contribution in [2.75, 3.05) is 0 Å². The number of aliphatic hydroxyl groups is 1. The molecule has 0 unspecified atom stereocenters. The smallest absolute Gasteiger partial charge is 0.107 e. The molecule has 0 bridgehead atoms. The van der Waals surface area contributed by atoms with Crippen LogP contribution in [0.15, 0.2) is 0 Å². The third kappa shape index (κ3) is 3.37. The highest BCUT2D eigenvalue weighted by Gasteiger charge is 2.51. The van der Waals surface area contributed by atoms with Crippen LogP contribution in [0, 0.1) is 0 Å². The van der Waals surface area contributed by atoms with Crippen molar-refractivity contribution in [2.45, 2.75) is 70.2 Å². The molecule has 0 aromatic carbocycles. The first-order chi connectivity index (χ1) is 6.83. The minimum Gasteiger partial charge on any atom is -0.390 e. The zero-order chi connectivity index (χ0) is 11.7. The van der Waals surface area contributed by atoms with Crippen LogP contribution >= 0.6 is 0 Å². The van der Waals surface area contributed by atoms with Gasteiger partial charge >= 0.3 is 0 Å². The lowest BCUT2D eigenvalue weighted by Gasteiger charge is -2.13. The fraction of sp³-hybridized carbons (Fsp3) is 1.00. The van der Waals surface area contributed by atoms with Crippen molar-refractivity contribution in [2.24, 2.45) is 0 Å². The minimum absolute atomic E-state index is 0.221. The van der Waals surface area contributed by atoms with E-state index in [4.69, 9.17) is 6.11 Å². The number of hydrogen-bond acceptors (Lipinski definition) is 2. The van der Waals surface area contributed by atoms with E-state index >= 15 is 0 Å². The maximum absolute atomic E-state index is 9.89. The van der Waals surface area contributed by atoms with Crippen LogP contribution in [0.1, 0.15) is 34.0 Å². The Bertz CT molecular complexity index is 217. The average molecular weight is 217 g/mol. The van der Waals surface area contributed by atoms with E-state index in [-0.39, 0.29) is 6.10 Å². The molecule has 1 N–H and O–H groups in total. The summed E-state index contributed by atoms with van der Waals surface area (Å²) < 4.78 is 13.6. The van der Waals surface area contributed by atoms with Crippen LogP contribution in [0.3, 0.4) is 0 Å². The first kappa shape index (κ1) is 10.6. The molecule has 0 aromatic heterocycles. The summed E-state index contributed by atoms with van der Waals surface area (Å²) in [6.07, 6.45) is 3.49. The Balaban J connectivity index is 2.36. The first-order valence-electron chi connectivity index (χ1n) is 6.19. The van der Waals surface area contributed by atoms with Gasteiger partial charge < -0.3 is 9.84 Å². The monoisotopic (exact) mass is 217 g/mol. The lowest BCUT2D eigenvalue weighted by Crippen LogP contribution is -2.33. The second-order valence-corrected chi connectivity index (χ2v) is 10.2. The minimum atomic E-state index is -1.64. The Hall–Kier alpha value is 0.137. The normalized spacial score (nSPS) is 35.2. The summed E-state index contributed by atoms with van der Waals surface area (Å²) in [5.41, 5.74) is -0.737. The van der Waals surface area contributed by atoms with Gasteiger partial charge in [-0.05, 0) is 6.42 Å². The molecule has 3 heteroatoms. The highest BCUT2D eigenvalue weighted by molar-refractivity contribution is 6.78. The van der Waals surface area contributed by atoms with E-state index in [2.05, 4.69) is 26.6 Å². The van der Waals surface area contributed by atoms with Crippen molar-refractivity contribution in [1.82, 2.24) is 0 Å². The number of ether oxygens (including phenoxy) is 1. The average Bonchev–Trinajstić information content (AvgIpc) is 2.79. The van der Waals surface area contributed by atoms with Crippen molar-refractivity contribution in [3.05, 3.63) is 0 Å². The van der Waals surface area contributed by atoms with Crippen molar-refractivity contribution in [1.29, 1.82) is 0 Å². The molecule has 1 heterocycles. The Kier molecular flexibility index (Phi) is 3.63. The largest absolute Gasteiger partial charge is 0.390 e. The summed E-state index contributed by atoms with van der Waals surface area (Å²) in [4.78, 5) is 0. The summed E-state index contributed by atoms with van der Waals surface area (Å²) in [5.74, 6) is 0. The summed E-state index contributed by atoms with van der Waals surface area (Å²) >= 11 is 0. The van der Waals surface area contributed by atoms with Crippen LogP contribution in [-0.2, 0) is 4.74 Å². The fourth-order valence-corrected chi connectivity index (χ4v) is 3.24. The maximum Gasteiger partial charge on any atom is 0.107 e. The number of unbranched alkanes of at least 4 members (excludes halogenated alkanes) is 2. The lowest BCUT2D eigenvalue weighted by molar-refractivity contribution is 0.123. The van der Waals surface area contributed by atoms with E-state index in [9.17, 15) is 5.11 Å². The number of aliphatic hydroxyl groups excluding tert-OH is 1. The molecule has 1 aliphatic rings. The summed E-state index contributed by atoms with van der Waals surface area (Å²) in [5, 5.41) is 9.89. The van der Waals surface area contributed by atoms with E-state index in [0.29, 0.717) is 0 Å². The van der Waals surface area contributed by atoms with Crippen molar-refractivity contribution in [3.8, 4) is 0 Å². The molecular weight excluding hydrogens is 192 g/mol. The van der Waals surface area contributed by atoms with E-state index < -0.39 is 19.9 Å². The van der Waals surface area contributed by atoms with Crippen molar-refractivity contribution in [3.63, 3.8) is 0 Å². The molecule has 1 aliphatic heterocycles. The molecular formula is C11H24O2Si. The maximum atomic E-state index is 9.89. The predicted octanol–water partition coefficient (Wildman–Crippen LogP) is 2.57. The van der Waals surface area contributed by atoms with Gasteiger partial charge in [-0.3, -0.25) is 0 Å². The topological polar surface area (TPSA) is 32.8 Å². The van der Waals surface area contributed by atoms with Gasteiger partial charge in [0, 0.05) is 0 Å². The van der Waals surface area contributed by atoms with Gasteiger partial charge in [-0.1, -0.05) is 45.8 Å². The van der Waals surface area contributed by atoms with Crippen molar-refractivity contribution >= 4 is 8.07 Å². The van der Waals surface area contributed by atoms with Crippen LogP contribution < -0.4 is 0 Å². The molecule has 0 aliphatic carbocycles. The summed E-state index contributed by atoms with van der Waals surface area (Å²) in [6, 6.07) is 0. The van der Waals surface area contributed by atoms with Gasteiger partial charge in [0.1, 0.15) is 6.10 Å². The second-order valence-electron chi connectivity index (χ2n) is 5.22. The molecule has 1 fully saturated rings. The van der Waals surface area contributed by atoms with Crippen LogP contribution in [0.4, 0.5) is 0 Å². The van der Waals surface area contributed by atoms with Gasteiger partial charge in [0.05, 0.1) is 21.3 Å². The van der Waals surface area contributed by atoms with Crippen molar-refractivity contribution < 1.29 is 11.2 Å². The van der Waals surface area contributed by atoms with Crippen LogP contribution in [0.25, 0.3) is 0 Å². The van der Waals surface area contributed by atoms with E-state index in [1.54, 1.807) is 0 Å². The Labute approximate surface area is 90.1 Å². The predicted molar refractivity (Wildman–Crippen MR) is 62.2 cm³/mol. The van der Waals surface area contributed by atoms with E-state index in [1.807, 2.05) is 0 Å². The molecule has 3 atom stereocenters. The Morgan fingerprint density at radius 1 is 1.43 bits per heavy atom. The molecule has 0 amide bonds. The highest BCUT2D eigenvalue weighted by atomic mass is 28.3. The summed E-state index contributed by atoms with van der Waals surface area (Å²) in [7, 11) is -1.64. The zero-order valence-corrected chi connectivity index (χ0v) is 10.8. The fourth-order valence-electron chi connectivity index (χ4n) is 1.71. The van der Waals surface area contributed by atoms with Gasteiger partial charge in [-0.25, -0.2) is 0 Å². The SMILES string of the molecule is [2H][C@]1([Si](C)(C)C)O[C@@H]1[C@H](O)CCCCC. The Morgan fingerprint density at radius 3 is 2.50 bits per heavy atom. The molecule has 84 valence electrons. The molecule has 0 spiro atoms. The molecule has 0 radical (unpaired) electrons. The lowest BCUT2D eigenvalue weighted by atomic mass is 10.1. The standard InChI is InChI=1S/C11H24O2Si/c1-5-6-7-8-9(12)10-11(13-10)14(2,3)4/h9-12H,5-8H2,1-4H3/t9-,10-,11-/m1/s1/i11D. The highest BCUT2D eigenvalue weighted by Crippen LogP contribution is 2.34. The number of rotatable bonds is 6. The molecule has 1 rings (SSSR count). The third-order valence-corrected chi connectivity index (χ3v) is 4.53. The zero-order valence-electron chi connectivity index (χ0n) is 10.8. The first-order valence-corrected chi connectivity index (χ1v) is 9.19. The molecule has 14 heavy (non-hydrogen) atoms. The van der Waals surface area contributed by atoms with Crippen LogP contribution in [-0.4, -0.2) is 31.1 Å². The second kappa shape index (κ2) is 4.77. The van der Waals surface area contributed by atoms with Crippen LogP contribution in [0.2, 0.25) is 19.6 Å². The number of hydrogen-bond donors (Lipinski definition) is 1. The number of epoxide rings is 1. The van der Waals surface area contributed by atoms with Gasteiger partial charge in [-0.15, -0.1) is 0 Å². The van der Waals surface area contributed by atoms with E-state index in [1.165, 1.54) is 0 Å². The van der Waals surface area contributed by atoms with Gasteiger partial charge in [0.2, 0.25) is 0 Å². The van der Waals surface area contributed by atoms with Gasteiger partial charge in [-0.2, -0.15) is 0 Å². The van der Waals surface area contributed by atoms with E-state index in [0.717, 1.165) is 25.7 Å². The molecule has 1 saturated heterocycles. The van der Waals surface area contributed by atoms with Crippen LogP contribution in [0.5, 0.6) is 0 Å². The van der Waals surface area contributed by atoms with Gasteiger partial charge in [0.15, 0.2) is 0 Å². The summed E-state index contributed by atoms with van der Waals surface area (Å²) in [6.45, 7) is 8.52. The molecule has 0 aromatic rings. The third-order valence-electron chi connectivity index (χ3n) is 2.65. The Morgan fingerprint density at radius 2 is 2.07 bits per heavy atom. The quantitative estimate of drug-likeness (QED) is 0.421.